The van der Waals surface area contributed by atoms with Crippen molar-refractivity contribution in [3.8, 4) is 0 Å². The van der Waals surface area contributed by atoms with Crippen molar-refractivity contribution in [2.45, 2.75) is 6.04 Å². The van der Waals surface area contributed by atoms with Crippen molar-refractivity contribution in [3.05, 3.63) is 28.5 Å². The Labute approximate surface area is 122 Å². The van der Waals surface area contributed by atoms with Crippen molar-refractivity contribution in [1.82, 2.24) is 15.2 Å². The summed E-state index contributed by atoms with van der Waals surface area (Å²) < 4.78 is 0.587. The fraction of sp³-hybridized carbons (Fsp3) is 0.364. The maximum Gasteiger partial charge on any atom is 0.408 e. The highest BCUT2D eigenvalue weighted by molar-refractivity contribution is 9.10. The van der Waals surface area contributed by atoms with Crippen LogP contribution in [0.25, 0.3) is 0 Å². The van der Waals surface area contributed by atoms with Crippen LogP contribution in [0, 0.1) is 0 Å². The summed E-state index contributed by atoms with van der Waals surface area (Å²) in [6.45, 7) is 0.298. The number of carbonyl (C=O) groups excluding carboxylic acids is 1. The molecule has 2 N–H and O–H groups in total. The molecule has 2 heterocycles. The van der Waals surface area contributed by atoms with Crippen LogP contribution < -0.4 is 5.32 Å². The second-order valence-corrected chi connectivity index (χ2v) is 5.77. The molecule has 19 heavy (non-hydrogen) atoms. The fourth-order valence-corrected chi connectivity index (χ4v) is 3.24. The number of thioether (sulfide) groups is 1. The zero-order valence-corrected chi connectivity index (χ0v) is 12.3. The predicted molar refractivity (Wildman–Crippen MR) is 75.2 cm³/mol. The molecule has 1 saturated heterocycles. The number of pyridine rings is 1. The summed E-state index contributed by atoms with van der Waals surface area (Å²) in [6.07, 6.45) is -0.954. The summed E-state index contributed by atoms with van der Waals surface area (Å²) in [5.41, 5.74) is 0.307. The molecule has 0 spiro atoms. The van der Waals surface area contributed by atoms with Crippen molar-refractivity contribution < 1.29 is 14.7 Å². The quantitative estimate of drug-likeness (QED) is 0.813. The van der Waals surface area contributed by atoms with Crippen molar-refractivity contribution in [1.29, 1.82) is 0 Å². The van der Waals surface area contributed by atoms with E-state index in [-0.39, 0.29) is 11.9 Å². The molecular weight excluding hydrogens is 334 g/mol. The molecule has 1 fully saturated rings. The zero-order chi connectivity index (χ0) is 13.8. The van der Waals surface area contributed by atoms with E-state index < -0.39 is 6.09 Å². The first-order valence-electron chi connectivity index (χ1n) is 5.56. The van der Waals surface area contributed by atoms with Crippen molar-refractivity contribution in [2.24, 2.45) is 0 Å². The molecule has 1 aliphatic heterocycles. The molecule has 1 aliphatic rings. The minimum Gasteiger partial charge on any atom is -0.465 e. The molecule has 0 aliphatic carbocycles. The van der Waals surface area contributed by atoms with E-state index in [1.807, 2.05) is 0 Å². The first-order valence-corrected chi connectivity index (χ1v) is 7.51. The Morgan fingerprint density at radius 3 is 3.05 bits per heavy atom. The van der Waals surface area contributed by atoms with Crippen LogP contribution >= 0.6 is 27.7 Å². The highest BCUT2D eigenvalue weighted by Gasteiger charge is 2.29. The maximum absolute atomic E-state index is 11.9. The Hall–Kier alpha value is -1.28. The van der Waals surface area contributed by atoms with Crippen LogP contribution in [0.15, 0.2) is 22.8 Å². The molecule has 6 nitrogen and oxygen atoms in total. The number of aromatic nitrogens is 1. The van der Waals surface area contributed by atoms with E-state index in [2.05, 4.69) is 26.2 Å². The lowest BCUT2D eigenvalue weighted by Crippen LogP contribution is -2.43. The summed E-state index contributed by atoms with van der Waals surface area (Å²) in [6, 6.07) is 4.88. The smallest absolute Gasteiger partial charge is 0.408 e. The molecule has 8 heteroatoms. The van der Waals surface area contributed by atoms with Gasteiger partial charge < -0.3 is 10.4 Å². The van der Waals surface area contributed by atoms with Gasteiger partial charge in [-0.1, -0.05) is 6.07 Å². The number of nitrogens with one attached hydrogen (secondary N) is 1. The van der Waals surface area contributed by atoms with Crippen LogP contribution in [0.1, 0.15) is 10.5 Å². The molecule has 0 radical (unpaired) electrons. The second kappa shape index (κ2) is 6.25. The van der Waals surface area contributed by atoms with Crippen LogP contribution in [-0.4, -0.2) is 51.2 Å². The van der Waals surface area contributed by atoms with Gasteiger partial charge in [-0.3, -0.25) is 9.69 Å². The number of carbonyl (C=O) groups is 2. The number of amides is 2. The van der Waals surface area contributed by atoms with Gasteiger partial charge in [0.2, 0.25) is 0 Å². The lowest BCUT2D eigenvalue weighted by atomic mass is 10.3. The van der Waals surface area contributed by atoms with Crippen molar-refractivity contribution in [3.63, 3.8) is 0 Å². The maximum atomic E-state index is 11.9. The van der Waals surface area contributed by atoms with Gasteiger partial charge in [0.15, 0.2) is 0 Å². The Morgan fingerprint density at radius 2 is 2.37 bits per heavy atom. The van der Waals surface area contributed by atoms with Crippen LogP contribution in [0.5, 0.6) is 0 Å². The van der Waals surface area contributed by atoms with Crippen LogP contribution in [0.3, 0.4) is 0 Å². The SMILES string of the molecule is O=C(NCC1CSCN1C(=O)O)c1cccc(Br)n1. The van der Waals surface area contributed by atoms with Crippen LogP contribution in [0.2, 0.25) is 0 Å². The Balaban J connectivity index is 1.92. The molecule has 0 saturated carbocycles. The van der Waals surface area contributed by atoms with Crippen LogP contribution in [-0.2, 0) is 0 Å². The standard InChI is InChI=1S/C11H12BrN3O3S/c12-9-3-1-2-8(14-9)10(16)13-4-7-5-19-6-15(7)11(17)18/h1-3,7H,4-6H2,(H,13,16)(H,17,18). The summed E-state index contributed by atoms with van der Waals surface area (Å²) in [5, 5.41) is 11.7. The van der Waals surface area contributed by atoms with Gasteiger partial charge in [0, 0.05) is 12.3 Å². The summed E-state index contributed by atoms with van der Waals surface area (Å²) in [7, 11) is 0. The van der Waals surface area contributed by atoms with Gasteiger partial charge in [-0.15, -0.1) is 11.8 Å². The minimum atomic E-state index is -0.954. The van der Waals surface area contributed by atoms with E-state index in [9.17, 15) is 9.59 Å². The molecular formula is C11H12BrN3O3S. The number of halogens is 1. The number of carboxylic acid groups (broad SMARTS) is 1. The first kappa shape index (κ1) is 14.1. The third-order valence-electron chi connectivity index (χ3n) is 2.67. The first-order chi connectivity index (χ1) is 9.08. The Bertz CT molecular complexity index is 500. The summed E-state index contributed by atoms with van der Waals surface area (Å²) in [4.78, 5) is 28.2. The van der Waals surface area contributed by atoms with Gasteiger partial charge in [-0.25, -0.2) is 9.78 Å². The minimum absolute atomic E-state index is 0.182. The third-order valence-corrected chi connectivity index (χ3v) is 4.20. The summed E-state index contributed by atoms with van der Waals surface area (Å²) >= 11 is 4.74. The average Bonchev–Trinajstić information content (AvgIpc) is 2.84. The molecule has 1 unspecified atom stereocenters. The normalized spacial score (nSPS) is 18.4. The third kappa shape index (κ3) is 3.60. The molecule has 1 atom stereocenters. The van der Waals surface area contributed by atoms with E-state index in [4.69, 9.17) is 5.11 Å². The number of hydrogen-bond acceptors (Lipinski definition) is 4. The van der Waals surface area contributed by atoms with Crippen molar-refractivity contribution >= 4 is 39.7 Å². The molecule has 1 aromatic heterocycles. The topological polar surface area (TPSA) is 82.5 Å². The molecule has 2 amide bonds. The monoisotopic (exact) mass is 345 g/mol. The Morgan fingerprint density at radius 1 is 1.58 bits per heavy atom. The van der Waals surface area contributed by atoms with Gasteiger partial charge in [-0.05, 0) is 28.1 Å². The largest absolute Gasteiger partial charge is 0.465 e. The highest BCUT2D eigenvalue weighted by Crippen LogP contribution is 2.20. The van der Waals surface area contributed by atoms with Gasteiger partial charge >= 0.3 is 6.09 Å². The van der Waals surface area contributed by atoms with Gasteiger partial charge in [0.05, 0.1) is 11.9 Å². The number of nitrogens with zero attached hydrogens (tertiary/aromatic N) is 2. The molecule has 0 bridgehead atoms. The van der Waals surface area contributed by atoms with E-state index in [1.54, 1.807) is 18.2 Å². The van der Waals surface area contributed by atoms with Gasteiger partial charge in [0.25, 0.3) is 5.91 Å². The zero-order valence-electron chi connectivity index (χ0n) is 9.88. The van der Waals surface area contributed by atoms with Gasteiger partial charge in [-0.2, -0.15) is 0 Å². The number of rotatable bonds is 3. The fourth-order valence-electron chi connectivity index (χ4n) is 1.70. The highest BCUT2D eigenvalue weighted by atomic mass is 79.9. The lowest BCUT2D eigenvalue weighted by Gasteiger charge is -2.20. The van der Waals surface area contributed by atoms with E-state index >= 15 is 0 Å². The van der Waals surface area contributed by atoms with Crippen LogP contribution in [0.4, 0.5) is 4.79 Å². The second-order valence-electron chi connectivity index (χ2n) is 3.96. The number of hydrogen-bond donors (Lipinski definition) is 2. The van der Waals surface area contributed by atoms with E-state index in [0.29, 0.717) is 28.5 Å². The lowest BCUT2D eigenvalue weighted by molar-refractivity contribution is 0.0931. The molecule has 0 aromatic carbocycles. The molecule has 2 rings (SSSR count). The van der Waals surface area contributed by atoms with E-state index in [0.717, 1.165) is 0 Å². The molecule has 102 valence electrons. The van der Waals surface area contributed by atoms with E-state index in [1.165, 1.54) is 16.7 Å². The van der Waals surface area contributed by atoms with Crippen molar-refractivity contribution in [2.75, 3.05) is 18.2 Å². The summed E-state index contributed by atoms with van der Waals surface area (Å²) in [5.74, 6) is 0.840. The average molecular weight is 346 g/mol. The Kier molecular flexibility index (Phi) is 4.65. The van der Waals surface area contributed by atoms with Gasteiger partial charge in [0.1, 0.15) is 10.3 Å². The molecule has 1 aromatic rings. The predicted octanol–water partition coefficient (Wildman–Crippen LogP) is 1.63.